The summed E-state index contributed by atoms with van der Waals surface area (Å²) in [5, 5.41) is 10.2. The number of aldehydes is 1. The third kappa shape index (κ3) is 6.57. The van der Waals surface area contributed by atoms with Gasteiger partial charge in [0.2, 0.25) is 0 Å². The second-order valence-electron chi connectivity index (χ2n) is 11.5. The maximum atomic E-state index is 13.1. The average molecular weight is 595 g/mol. The zero-order valence-corrected chi connectivity index (χ0v) is 25.1. The Morgan fingerprint density at radius 3 is 2.30 bits per heavy atom. The van der Waals surface area contributed by atoms with Gasteiger partial charge >= 0.3 is 0 Å². The summed E-state index contributed by atoms with van der Waals surface area (Å²) in [5.41, 5.74) is 2.98. The van der Waals surface area contributed by atoms with Crippen LogP contribution in [0.15, 0.2) is 71.7 Å². The number of carbonyl (C=O) groups excluding carboxylic acids is 3. The maximum absolute atomic E-state index is 13.1. The molecule has 2 amide bonds. The highest BCUT2D eigenvalue weighted by atomic mass is 16.5. The lowest BCUT2D eigenvalue weighted by molar-refractivity contribution is 0.0302. The van der Waals surface area contributed by atoms with Gasteiger partial charge in [-0.05, 0) is 47.4 Å². The predicted molar refractivity (Wildman–Crippen MR) is 168 cm³/mol. The highest BCUT2D eigenvalue weighted by Gasteiger charge is 2.20. The van der Waals surface area contributed by atoms with Crippen molar-refractivity contribution in [3.05, 3.63) is 99.5 Å². The van der Waals surface area contributed by atoms with Gasteiger partial charge in [0.15, 0.2) is 6.29 Å². The molecule has 0 saturated carbocycles. The number of aromatic nitrogens is 3. The molecule has 11 heteroatoms. The molecule has 0 spiro atoms. The molecule has 1 aliphatic rings. The summed E-state index contributed by atoms with van der Waals surface area (Å²) in [4.78, 5) is 57.1. The molecule has 1 fully saturated rings. The summed E-state index contributed by atoms with van der Waals surface area (Å²) in [5.74, 6) is -0.139. The molecule has 44 heavy (non-hydrogen) atoms. The number of carbonyl (C=O) groups is 3. The van der Waals surface area contributed by atoms with Crippen LogP contribution in [0.2, 0.25) is 0 Å². The van der Waals surface area contributed by atoms with Gasteiger partial charge in [0.05, 0.1) is 30.2 Å². The van der Waals surface area contributed by atoms with E-state index in [0.29, 0.717) is 66.5 Å². The Hall–Kier alpha value is -5.16. The summed E-state index contributed by atoms with van der Waals surface area (Å²) in [6.45, 7) is 8.33. The van der Waals surface area contributed by atoms with Gasteiger partial charge in [-0.15, -0.1) is 0 Å². The lowest BCUT2D eigenvalue weighted by atomic mass is 9.86. The topological polar surface area (TPSA) is 136 Å². The van der Waals surface area contributed by atoms with Crippen LogP contribution in [0.3, 0.4) is 0 Å². The number of pyridine rings is 1. The number of nitrogens with one attached hydrogen (secondary N) is 2. The maximum Gasteiger partial charge on any atom is 0.290 e. The van der Waals surface area contributed by atoms with Crippen molar-refractivity contribution in [2.75, 3.05) is 36.9 Å². The van der Waals surface area contributed by atoms with Crippen molar-refractivity contribution in [1.82, 2.24) is 19.7 Å². The quantitative estimate of drug-likeness (QED) is 0.300. The van der Waals surface area contributed by atoms with Crippen LogP contribution in [0.5, 0.6) is 0 Å². The van der Waals surface area contributed by atoms with Crippen molar-refractivity contribution in [2.45, 2.75) is 26.2 Å². The molecule has 2 aromatic carbocycles. The lowest BCUT2D eigenvalue weighted by Gasteiger charge is -2.26. The largest absolute Gasteiger partial charge is 0.378 e. The third-order valence-corrected chi connectivity index (χ3v) is 7.40. The van der Waals surface area contributed by atoms with Crippen LogP contribution in [0.1, 0.15) is 57.4 Å². The van der Waals surface area contributed by atoms with Gasteiger partial charge < -0.3 is 20.3 Å². The molecule has 0 aliphatic carbocycles. The van der Waals surface area contributed by atoms with E-state index in [1.165, 1.54) is 19.3 Å². The molecule has 3 heterocycles. The van der Waals surface area contributed by atoms with Crippen LogP contribution >= 0.6 is 0 Å². The number of ether oxygens (including phenoxy) is 1. The van der Waals surface area contributed by atoms with Crippen LogP contribution in [-0.4, -0.2) is 64.1 Å². The standard InChI is InChI=1S/C33H34N6O5/c1-33(2,3)23-11-8-21(9-12-23)30(41)36-26-7-5-6-24(25(26)20-40)27-18-28(32(43)38(4)37-27)35-29-13-10-22(19-34-29)31(42)39-14-16-44-17-15-39/h5-13,18-20H,14-17H2,1-4H3,(H,34,35)(H,36,41). The van der Waals surface area contributed by atoms with E-state index in [2.05, 4.69) is 41.5 Å². The van der Waals surface area contributed by atoms with Crippen LogP contribution in [-0.2, 0) is 17.2 Å². The zero-order valence-electron chi connectivity index (χ0n) is 25.1. The summed E-state index contributed by atoms with van der Waals surface area (Å²) in [6, 6.07) is 17.2. The summed E-state index contributed by atoms with van der Waals surface area (Å²) in [7, 11) is 1.50. The summed E-state index contributed by atoms with van der Waals surface area (Å²) in [6.07, 6.45) is 2.11. The van der Waals surface area contributed by atoms with Crippen LogP contribution in [0, 0.1) is 0 Å². The summed E-state index contributed by atoms with van der Waals surface area (Å²) >= 11 is 0. The molecule has 0 radical (unpaired) electrons. The van der Waals surface area contributed by atoms with Gasteiger partial charge in [0, 0.05) is 43.0 Å². The number of morpholine rings is 1. The second-order valence-corrected chi connectivity index (χ2v) is 11.5. The molecule has 226 valence electrons. The van der Waals surface area contributed by atoms with E-state index in [4.69, 9.17) is 4.74 Å². The van der Waals surface area contributed by atoms with Crippen LogP contribution in [0.4, 0.5) is 17.2 Å². The van der Waals surface area contributed by atoms with Gasteiger partial charge in [0.25, 0.3) is 17.4 Å². The number of amides is 2. The fourth-order valence-electron chi connectivity index (χ4n) is 4.85. The minimum Gasteiger partial charge on any atom is -0.378 e. The Bertz CT molecular complexity index is 1750. The number of hydrogen-bond donors (Lipinski definition) is 2. The molecule has 4 aromatic rings. The molecule has 11 nitrogen and oxygen atoms in total. The normalized spacial score (nSPS) is 13.3. The Morgan fingerprint density at radius 1 is 0.955 bits per heavy atom. The molecule has 2 aromatic heterocycles. The highest BCUT2D eigenvalue weighted by Crippen LogP contribution is 2.29. The number of hydrogen-bond acceptors (Lipinski definition) is 8. The number of rotatable bonds is 7. The molecular weight excluding hydrogens is 560 g/mol. The van der Waals surface area contributed by atoms with E-state index in [0.717, 1.165) is 10.2 Å². The SMILES string of the molecule is Cn1nc(-c2cccc(NC(=O)c3ccc(C(C)(C)C)cc3)c2C=O)cc(Nc2ccc(C(=O)N3CCOCC3)cn2)c1=O. The molecule has 5 rings (SSSR count). The zero-order chi connectivity index (χ0) is 31.4. The minimum atomic E-state index is -0.417. The van der Waals surface area contributed by atoms with E-state index >= 15 is 0 Å². The van der Waals surface area contributed by atoms with Gasteiger partial charge in [-0.1, -0.05) is 45.0 Å². The number of nitrogens with zero attached hydrogens (tertiary/aromatic N) is 4. The van der Waals surface area contributed by atoms with Crippen molar-refractivity contribution in [1.29, 1.82) is 0 Å². The highest BCUT2D eigenvalue weighted by molar-refractivity contribution is 6.08. The van der Waals surface area contributed by atoms with Crippen molar-refractivity contribution in [3.8, 4) is 11.3 Å². The van der Waals surface area contributed by atoms with Crippen molar-refractivity contribution in [3.63, 3.8) is 0 Å². The first-order valence-corrected chi connectivity index (χ1v) is 14.2. The van der Waals surface area contributed by atoms with Crippen molar-refractivity contribution >= 4 is 35.3 Å². The first-order chi connectivity index (χ1) is 21.0. The average Bonchev–Trinajstić information content (AvgIpc) is 3.03. The minimum absolute atomic E-state index is 0.0495. The van der Waals surface area contributed by atoms with E-state index in [1.54, 1.807) is 47.4 Å². The number of benzene rings is 2. The van der Waals surface area contributed by atoms with Crippen LogP contribution < -0.4 is 16.2 Å². The Morgan fingerprint density at radius 2 is 1.66 bits per heavy atom. The van der Waals surface area contributed by atoms with Gasteiger partial charge in [-0.25, -0.2) is 9.67 Å². The van der Waals surface area contributed by atoms with Gasteiger partial charge in [-0.3, -0.25) is 19.2 Å². The number of aryl methyl sites for hydroxylation is 1. The van der Waals surface area contributed by atoms with E-state index in [-0.39, 0.29) is 28.5 Å². The first-order valence-electron chi connectivity index (χ1n) is 14.2. The Labute approximate surface area is 254 Å². The first kappa shape index (κ1) is 30.3. The van der Waals surface area contributed by atoms with Crippen LogP contribution in [0.25, 0.3) is 11.3 Å². The van der Waals surface area contributed by atoms with E-state index in [9.17, 15) is 19.2 Å². The number of anilines is 3. The monoisotopic (exact) mass is 594 g/mol. The van der Waals surface area contributed by atoms with Gasteiger partial charge in [-0.2, -0.15) is 5.10 Å². The Kier molecular flexibility index (Phi) is 8.68. The Balaban J connectivity index is 1.39. The third-order valence-electron chi connectivity index (χ3n) is 7.40. The molecule has 2 N–H and O–H groups in total. The fraction of sp³-hybridized carbons (Fsp3) is 0.273. The fourth-order valence-corrected chi connectivity index (χ4v) is 4.85. The molecule has 0 bridgehead atoms. The van der Waals surface area contributed by atoms with E-state index < -0.39 is 5.56 Å². The van der Waals surface area contributed by atoms with Crippen molar-refractivity contribution in [2.24, 2.45) is 7.05 Å². The second kappa shape index (κ2) is 12.6. The lowest BCUT2D eigenvalue weighted by Crippen LogP contribution is -2.40. The van der Waals surface area contributed by atoms with E-state index in [1.807, 2.05) is 12.1 Å². The van der Waals surface area contributed by atoms with Crippen molar-refractivity contribution < 1.29 is 19.1 Å². The van der Waals surface area contributed by atoms with Gasteiger partial charge in [0.1, 0.15) is 11.5 Å². The predicted octanol–water partition coefficient (Wildman–Crippen LogP) is 4.42. The smallest absolute Gasteiger partial charge is 0.290 e. The molecule has 0 atom stereocenters. The molecule has 1 aliphatic heterocycles. The molecular formula is C33H34N6O5. The molecule has 0 unspecified atom stereocenters. The molecule has 1 saturated heterocycles. The summed E-state index contributed by atoms with van der Waals surface area (Å²) < 4.78 is 6.47.